The molecule has 0 heterocycles. The van der Waals surface area contributed by atoms with Crippen LogP contribution in [-0.2, 0) is 6.42 Å². The van der Waals surface area contributed by atoms with Crippen molar-refractivity contribution in [1.82, 2.24) is 5.32 Å². The molecule has 2 unspecified atom stereocenters. The summed E-state index contributed by atoms with van der Waals surface area (Å²) in [6, 6.07) is 7.09. The quantitative estimate of drug-likeness (QED) is 0.783. The summed E-state index contributed by atoms with van der Waals surface area (Å²) in [6.07, 6.45) is 1.57. The van der Waals surface area contributed by atoms with Gasteiger partial charge in [0.25, 0.3) is 0 Å². The van der Waals surface area contributed by atoms with Gasteiger partial charge >= 0.3 is 0 Å². The maximum Gasteiger partial charge on any atom is 0.126 e. The normalized spacial score (nSPS) is 14.8. The zero-order valence-corrected chi connectivity index (χ0v) is 11.5. The van der Waals surface area contributed by atoms with Crippen LogP contribution in [0.3, 0.4) is 0 Å². The number of rotatable bonds is 7. The maximum atomic E-state index is 13.5. The summed E-state index contributed by atoms with van der Waals surface area (Å²) in [5.41, 5.74) is 0.721. The molecule has 0 saturated heterocycles. The smallest absolute Gasteiger partial charge is 0.126 e. The van der Waals surface area contributed by atoms with Crippen molar-refractivity contribution in [3.05, 3.63) is 35.6 Å². The van der Waals surface area contributed by atoms with Crippen LogP contribution in [0.4, 0.5) is 4.39 Å². The molecule has 0 amide bonds. The zero-order valence-electron chi connectivity index (χ0n) is 11.5. The lowest BCUT2D eigenvalue weighted by Gasteiger charge is -2.23. The highest BCUT2D eigenvalue weighted by atomic mass is 19.1. The van der Waals surface area contributed by atoms with Crippen LogP contribution in [0.2, 0.25) is 0 Å². The fraction of sp³-hybridized carbons (Fsp3) is 0.600. The van der Waals surface area contributed by atoms with E-state index in [1.54, 1.807) is 6.07 Å². The second-order valence-corrected chi connectivity index (χ2v) is 5.37. The Morgan fingerprint density at radius 1 is 1.22 bits per heavy atom. The highest BCUT2D eigenvalue weighted by molar-refractivity contribution is 5.18. The molecular weight excluding hydrogens is 229 g/mol. The first kappa shape index (κ1) is 15.1. The van der Waals surface area contributed by atoms with E-state index in [-0.39, 0.29) is 24.5 Å². The van der Waals surface area contributed by atoms with E-state index in [1.165, 1.54) is 6.07 Å². The third-order valence-corrected chi connectivity index (χ3v) is 2.98. The van der Waals surface area contributed by atoms with Crippen molar-refractivity contribution in [3.8, 4) is 0 Å². The lowest BCUT2D eigenvalue weighted by atomic mass is 10.0. The molecule has 2 N–H and O–H groups in total. The molecule has 0 spiro atoms. The van der Waals surface area contributed by atoms with Gasteiger partial charge in [-0.25, -0.2) is 4.39 Å². The van der Waals surface area contributed by atoms with Crippen molar-refractivity contribution >= 4 is 0 Å². The van der Waals surface area contributed by atoms with E-state index >= 15 is 0 Å². The van der Waals surface area contributed by atoms with Crippen LogP contribution in [0.1, 0.15) is 32.8 Å². The molecule has 2 atom stereocenters. The molecule has 1 rings (SSSR count). The zero-order chi connectivity index (χ0) is 13.5. The Kier molecular flexibility index (Phi) is 6.30. The fourth-order valence-corrected chi connectivity index (χ4v) is 2.22. The van der Waals surface area contributed by atoms with Gasteiger partial charge in [-0.05, 0) is 37.3 Å². The number of aliphatic hydroxyl groups excluding tert-OH is 1. The van der Waals surface area contributed by atoms with Crippen molar-refractivity contribution in [1.29, 1.82) is 0 Å². The Morgan fingerprint density at radius 3 is 2.44 bits per heavy atom. The maximum absolute atomic E-state index is 13.5. The van der Waals surface area contributed by atoms with Gasteiger partial charge in [-0.2, -0.15) is 0 Å². The number of aliphatic hydroxyl groups is 1. The van der Waals surface area contributed by atoms with Gasteiger partial charge in [-0.3, -0.25) is 0 Å². The topological polar surface area (TPSA) is 32.3 Å². The van der Waals surface area contributed by atoms with Crippen LogP contribution in [0.5, 0.6) is 0 Å². The molecule has 0 aliphatic heterocycles. The predicted molar refractivity (Wildman–Crippen MR) is 73.0 cm³/mol. The van der Waals surface area contributed by atoms with E-state index in [4.69, 9.17) is 0 Å². The van der Waals surface area contributed by atoms with Gasteiger partial charge in [0, 0.05) is 12.1 Å². The molecule has 102 valence electrons. The minimum absolute atomic E-state index is 0.0896. The monoisotopic (exact) mass is 253 g/mol. The summed E-state index contributed by atoms with van der Waals surface area (Å²) in [7, 11) is 0. The van der Waals surface area contributed by atoms with Crippen LogP contribution in [0.25, 0.3) is 0 Å². The fourth-order valence-electron chi connectivity index (χ4n) is 2.22. The van der Waals surface area contributed by atoms with Gasteiger partial charge < -0.3 is 10.4 Å². The lowest BCUT2D eigenvalue weighted by Crippen LogP contribution is -2.41. The first-order chi connectivity index (χ1) is 8.52. The lowest BCUT2D eigenvalue weighted by molar-refractivity contribution is 0.214. The van der Waals surface area contributed by atoms with E-state index in [0.717, 1.165) is 12.0 Å². The van der Waals surface area contributed by atoms with Crippen LogP contribution in [0, 0.1) is 11.7 Å². The Bertz CT molecular complexity index is 354. The first-order valence-electron chi connectivity index (χ1n) is 6.63. The summed E-state index contributed by atoms with van der Waals surface area (Å²) in [5, 5.41) is 12.7. The summed E-state index contributed by atoms with van der Waals surface area (Å²) in [6.45, 7) is 6.41. The van der Waals surface area contributed by atoms with Crippen molar-refractivity contribution < 1.29 is 9.50 Å². The number of nitrogens with one attached hydrogen (secondary N) is 1. The summed E-state index contributed by atoms with van der Waals surface area (Å²) in [5.74, 6) is 0.380. The second-order valence-electron chi connectivity index (χ2n) is 5.37. The highest BCUT2D eigenvalue weighted by Gasteiger charge is 2.14. The van der Waals surface area contributed by atoms with Gasteiger partial charge in [-0.15, -0.1) is 0 Å². The van der Waals surface area contributed by atoms with Crippen LogP contribution in [-0.4, -0.2) is 23.8 Å². The molecule has 3 heteroatoms. The van der Waals surface area contributed by atoms with Gasteiger partial charge in [0.15, 0.2) is 0 Å². The Labute approximate surface area is 109 Å². The Morgan fingerprint density at radius 2 is 1.89 bits per heavy atom. The van der Waals surface area contributed by atoms with Crippen LogP contribution in [0.15, 0.2) is 24.3 Å². The Hall–Kier alpha value is -0.930. The minimum atomic E-state index is -0.157. The van der Waals surface area contributed by atoms with E-state index in [9.17, 15) is 9.50 Å². The SMILES string of the molecule is CC(C)CC(CO)NC(C)Cc1ccccc1F. The van der Waals surface area contributed by atoms with Crippen molar-refractivity contribution in [2.24, 2.45) is 5.92 Å². The molecule has 0 aromatic heterocycles. The molecule has 18 heavy (non-hydrogen) atoms. The van der Waals surface area contributed by atoms with Crippen LogP contribution >= 0.6 is 0 Å². The largest absolute Gasteiger partial charge is 0.395 e. The third kappa shape index (κ3) is 5.15. The molecule has 1 aromatic carbocycles. The highest BCUT2D eigenvalue weighted by Crippen LogP contribution is 2.11. The average Bonchev–Trinajstić information content (AvgIpc) is 2.30. The molecule has 0 bridgehead atoms. The first-order valence-corrected chi connectivity index (χ1v) is 6.63. The van der Waals surface area contributed by atoms with Crippen molar-refractivity contribution in [3.63, 3.8) is 0 Å². The average molecular weight is 253 g/mol. The van der Waals surface area contributed by atoms with Crippen molar-refractivity contribution in [2.45, 2.75) is 45.7 Å². The summed E-state index contributed by atoms with van der Waals surface area (Å²) < 4.78 is 13.5. The number of halogens is 1. The third-order valence-electron chi connectivity index (χ3n) is 2.98. The van der Waals surface area contributed by atoms with Crippen LogP contribution < -0.4 is 5.32 Å². The molecule has 1 aromatic rings. The van der Waals surface area contributed by atoms with Gasteiger partial charge in [0.2, 0.25) is 0 Å². The summed E-state index contributed by atoms with van der Waals surface area (Å²) in [4.78, 5) is 0. The number of hydrogen-bond donors (Lipinski definition) is 2. The number of benzene rings is 1. The molecule has 0 aliphatic carbocycles. The van der Waals surface area contributed by atoms with E-state index in [2.05, 4.69) is 19.2 Å². The van der Waals surface area contributed by atoms with E-state index in [1.807, 2.05) is 19.1 Å². The summed E-state index contributed by atoms with van der Waals surface area (Å²) >= 11 is 0. The van der Waals surface area contributed by atoms with Gasteiger partial charge in [-0.1, -0.05) is 32.0 Å². The molecule has 0 fully saturated rings. The molecule has 0 radical (unpaired) electrons. The predicted octanol–water partition coefficient (Wildman–Crippen LogP) is 2.75. The van der Waals surface area contributed by atoms with E-state index in [0.29, 0.717) is 12.3 Å². The van der Waals surface area contributed by atoms with E-state index < -0.39 is 0 Å². The molecule has 0 saturated carbocycles. The molecule has 2 nitrogen and oxygen atoms in total. The Balaban J connectivity index is 2.50. The molecule has 0 aliphatic rings. The standard InChI is InChI=1S/C15H24FNO/c1-11(2)8-14(10-18)17-12(3)9-13-6-4-5-7-15(13)16/h4-7,11-12,14,17-18H,8-10H2,1-3H3. The van der Waals surface area contributed by atoms with Crippen molar-refractivity contribution in [2.75, 3.05) is 6.61 Å². The minimum Gasteiger partial charge on any atom is -0.395 e. The van der Waals surface area contributed by atoms with Gasteiger partial charge in [0.05, 0.1) is 6.61 Å². The molecular formula is C15H24FNO. The van der Waals surface area contributed by atoms with Gasteiger partial charge in [0.1, 0.15) is 5.82 Å². The number of hydrogen-bond acceptors (Lipinski definition) is 2. The second kappa shape index (κ2) is 7.49.